The van der Waals surface area contributed by atoms with Gasteiger partial charge in [-0.2, -0.15) is 0 Å². The van der Waals surface area contributed by atoms with Crippen LogP contribution in [0.15, 0.2) is 58.5 Å². The number of aryl methyl sites for hydroxylation is 2. The SMILES string of the molecule is CCOc1ccc(-n2c(SCc3cccc(Cl)c3)nc3sc4c(c3c2=O)CCCC4)cc1. The van der Waals surface area contributed by atoms with Crippen molar-refractivity contribution in [3.8, 4) is 11.4 Å². The summed E-state index contributed by atoms with van der Waals surface area (Å²) in [5, 5.41) is 2.21. The van der Waals surface area contributed by atoms with Crippen molar-refractivity contribution < 1.29 is 4.74 Å². The third-order valence-corrected chi connectivity index (χ3v) is 8.05. The van der Waals surface area contributed by atoms with Crippen molar-refractivity contribution in [1.82, 2.24) is 9.55 Å². The maximum atomic E-state index is 13.8. The van der Waals surface area contributed by atoms with Crippen LogP contribution in [0.1, 0.15) is 35.8 Å². The number of nitrogens with zero attached hydrogens (tertiary/aromatic N) is 2. The molecule has 0 saturated heterocycles. The second-order valence-corrected chi connectivity index (χ2v) is 10.2. The standard InChI is InChI=1S/C25H23ClN2O2S2/c1-2-30-19-12-10-18(11-13-19)28-24(29)22-20-8-3-4-9-21(20)32-23(22)27-25(28)31-15-16-6-5-7-17(26)14-16/h5-7,10-14H,2-4,8-9,15H2,1H3. The highest BCUT2D eigenvalue weighted by atomic mass is 35.5. The van der Waals surface area contributed by atoms with Gasteiger partial charge in [-0.25, -0.2) is 4.98 Å². The van der Waals surface area contributed by atoms with E-state index >= 15 is 0 Å². The molecule has 5 rings (SSSR count). The smallest absolute Gasteiger partial charge is 0.267 e. The first-order chi connectivity index (χ1) is 15.6. The Bertz CT molecular complexity index is 1330. The molecule has 2 aromatic heterocycles. The number of halogens is 1. The van der Waals surface area contributed by atoms with Crippen molar-refractivity contribution in [2.24, 2.45) is 0 Å². The van der Waals surface area contributed by atoms with E-state index in [0.29, 0.717) is 22.5 Å². The van der Waals surface area contributed by atoms with Crippen LogP contribution >= 0.6 is 34.7 Å². The van der Waals surface area contributed by atoms with Crippen LogP contribution in [0.5, 0.6) is 5.75 Å². The minimum absolute atomic E-state index is 0.0205. The maximum absolute atomic E-state index is 13.8. The number of aromatic nitrogens is 2. The number of hydrogen-bond donors (Lipinski definition) is 0. The predicted octanol–water partition coefficient (Wildman–Crippen LogP) is 6.67. The van der Waals surface area contributed by atoms with E-state index in [1.165, 1.54) is 16.9 Å². The fourth-order valence-corrected chi connectivity index (χ4v) is 6.61. The molecule has 32 heavy (non-hydrogen) atoms. The van der Waals surface area contributed by atoms with Crippen LogP contribution in [-0.2, 0) is 18.6 Å². The minimum atomic E-state index is 0.0205. The van der Waals surface area contributed by atoms with Crippen molar-refractivity contribution in [3.63, 3.8) is 0 Å². The lowest BCUT2D eigenvalue weighted by molar-refractivity contribution is 0.340. The molecule has 2 aromatic carbocycles. The molecule has 2 heterocycles. The van der Waals surface area contributed by atoms with E-state index in [1.807, 2.05) is 55.5 Å². The number of hydrogen-bond acceptors (Lipinski definition) is 5. The van der Waals surface area contributed by atoms with Gasteiger partial charge in [0.25, 0.3) is 5.56 Å². The largest absolute Gasteiger partial charge is 0.494 e. The summed E-state index contributed by atoms with van der Waals surface area (Å²) in [5.41, 5.74) is 3.13. The van der Waals surface area contributed by atoms with Gasteiger partial charge < -0.3 is 4.74 Å². The Kier molecular flexibility index (Phi) is 6.26. The molecule has 4 nitrogen and oxygen atoms in total. The molecule has 0 aliphatic heterocycles. The number of thioether (sulfide) groups is 1. The maximum Gasteiger partial charge on any atom is 0.267 e. The van der Waals surface area contributed by atoms with Crippen molar-refractivity contribution >= 4 is 44.9 Å². The van der Waals surface area contributed by atoms with Gasteiger partial charge in [-0.05, 0) is 80.1 Å². The van der Waals surface area contributed by atoms with Gasteiger partial charge >= 0.3 is 0 Å². The number of ether oxygens (including phenoxy) is 1. The van der Waals surface area contributed by atoms with E-state index in [-0.39, 0.29) is 5.56 Å². The molecule has 0 fully saturated rings. The van der Waals surface area contributed by atoms with Crippen LogP contribution in [0, 0.1) is 0 Å². The second-order valence-electron chi connectivity index (χ2n) is 7.77. The molecule has 1 aliphatic rings. The van der Waals surface area contributed by atoms with Crippen LogP contribution in [-0.4, -0.2) is 16.2 Å². The Morgan fingerprint density at radius 2 is 1.97 bits per heavy atom. The van der Waals surface area contributed by atoms with E-state index in [2.05, 4.69) is 0 Å². The first-order valence-corrected chi connectivity index (χ1v) is 13.0. The third kappa shape index (κ3) is 4.19. The van der Waals surface area contributed by atoms with E-state index in [0.717, 1.165) is 46.5 Å². The van der Waals surface area contributed by atoms with Crippen LogP contribution in [0.3, 0.4) is 0 Å². The predicted molar refractivity (Wildman–Crippen MR) is 134 cm³/mol. The van der Waals surface area contributed by atoms with Gasteiger partial charge in [0.1, 0.15) is 10.6 Å². The molecule has 0 unspecified atom stereocenters. The Balaban J connectivity index is 1.63. The monoisotopic (exact) mass is 482 g/mol. The van der Waals surface area contributed by atoms with Crippen LogP contribution in [0.25, 0.3) is 15.9 Å². The van der Waals surface area contributed by atoms with Gasteiger partial charge in [0.2, 0.25) is 0 Å². The van der Waals surface area contributed by atoms with Gasteiger partial charge in [-0.1, -0.05) is 35.5 Å². The summed E-state index contributed by atoms with van der Waals surface area (Å²) < 4.78 is 7.35. The lowest BCUT2D eigenvalue weighted by Crippen LogP contribution is -2.22. The quantitative estimate of drug-likeness (QED) is 0.227. The van der Waals surface area contributed by atoms with E-state index in [4.69, 9.17) is 21.3 Å². The van der Waals surface area contributed by atoms with Crippen LogP contribution in [0.4, 0.5) is 0 Å². The van der Waals surface area contributed by atoms with Gasteiger partial charge in [-0.3, -0.25) is 9.36 Å². The molecule has 0 radical (unpaired) electrons. The van der Waals surface area contributed by atoms with Crippen LogP contribution in [0.2, 0.25) is 5.02 Å². The summed E-state index contributed by atoms with van der Waals surface area (Å²) in [4.78, 5) is 21.0. The van der Waals surface area contributed by atoms with Gasteiger partial charge in [-0.15, -0.1) is 11.3 Å². The summed E-state index contributed by atoms with van der Waals surface area (Å²) in [6.07, 6.45) is 4.32. The lowest BCUT2D eigenvalue weighted by atomic mass is 9.97. The summed E-state index contributed by atoms with van der Waals surface area (Å²) in [5.74, 6) is 1.47. The highest BCUT2D eigenvalue weighted by molar-refractivity contribution is 7.98. The van der Waals surface area contributed by atoms with Gasteiger partial charge in [0, 0.05) is 15.7 Å². The molecule has 4 aromatic rings. The molecule has 0 amide bonds. The van der Waals surface area contributed by atoms with Crippen molar-refractivity contribution in [2.75, 3.05) is 6.61 Å². The second kappa shape index (κ2) is 9.30. The molecule has 0 spiro atoms. The summed E-state index contributed by atoms with van der Waals surface area (Å²) >= 11 is 9.41. The molecule has 0 atom stereocenters. The van der Waals surface area contributed by atoms with E-state index < -0.39 is 0 Å². The average molecular weight is 483 g/mol. The number of benzene rings is 2. The van der Waals surface area contributed by atoms with Gasteiger partial charge in [0.05, 0.1) is 17.7 Å². The average Bonchev–Trinajstić information content (AvgIpc) is 3.17. The molecular formula is C25H23ClN2O2S2. The Morgan fingerprint density at radius 3 is 2.75 bits per heavy atom. The third-order valence-electron chi connectivity index (χ3n) is 5.62. The number of rotatable bonds is 6. The topological polar surface area (TPSA) is 44.1 Å². The highest BCUT2D eigenvalue weighted by Gasteiger charge is 2.23. The van der Waals surface area contributed by atoms with Crippen molar-refractivity contribution in [3.05, 3.63) is 79.9 Å². The normalized spacial score (nSPS) is 13.3. The first kappa shape index (κ1) is 21.6. The number of fused-ring (bicyclic) bond motifs is 3. The zero-order chi connectivity index (χ0) is 22.1. The number of thiophene rings is 1. The van der Waals surface area contributed by atoms with Gasteiger partial charge in [0.15, 0.2) is 5.16 Å². The minimum Gasteiger partial charge on any atom is -0.494 e. The molecule has 0 saturated carbocycles. The molecule has 164 valence electrons. The summed E-state index contributed by atoms with van der Waals surface area (Å²) in [7, 11) is 0. The van der Waals surface area contributed by atoms with Crippen molar-refractivity contribution in [1.29, 1.82) is 0 Å². The van der Waals surface area contributed by atoms with Crippen molar-refractivity contribution in [2.45, 2.75) is 43.5 Å². The van der Waals surface area contributed by atoms with Crippen LogP contribution < -0.4 is 10.3 Å². The molecule has 7 heteroatoms. The summed E-state index contributed by atoms with van der Waals surface area (Å²) in [6, 6.07) is 15.5. The Labute approximate surface area is 200 Å². The molecular weight excluding hydrogens is 460 g/mol. The Hall–Kier alpha value is -2.28. The zero-order valence-corrected chi connectivity index (χ0v) is 20.2. The highest BCUT2D eigenvalue weighted by Crippen LogP contribution is 2.36. The Morgan fingerprint density at radius 1 is 1.16 bits per heavy atom. The van der Waals surface area contributed by atoms with E-state index in [1.54, 1.807) is 27.7 Å². The zero-order valence-electron chi connectivity index (χ0n) is 17.8. The fourth-order valence-electron chi connectivity index (χ4n) is 4.14. The molecule has 0 bridgehead atoms. The fraction of sp³-hybridized carbons (Fsp3) is 0.280. The molecule has 1 aliphatic carbocycles. The van der Waals surface area contributed by atoms with E-state index in [9.17, 15) is 4.79 Å². The summed E-state index contributed by atoms with van der Waals surface area (Å²) in [6.45, 7) is 2.56. The lowest BCUT2D eigenvalue weighted by Gasteiger charge is -2.14. The first-order valence-electron chi connectivity index (χ1n) is 10.8. The molecule has 0 N–H and O–H groups in total.